The fourth-order valence-electron chi connectivity index (χ4n) is 2.53. The van der Waals surface area contributed by atoms with Crippen molar-refractivity contribution in [2.24, 2.45) is 5.92 Å². The van der Waals surface area contributed by atoms with Gasteiger partial charge >= 0.3 is 6.03 Å². The number of hydrogen-bond donors (Lipinski definition) is 3. The van der Waals surface area contributed by atoms with E-state index in [9.17, 15) is 4.79 Å². The number of amides is 2. The highest BCUT2D eigenvalue weighted by Crippen LogP contribution is 2.17. The van der Waals surface area contributed by atoms with Crippen LogP contribution < -0.4 is 16.4 Å². The lowest BCUT2D eigenvalue weighted by molar-refractivity contribution is 0.247. The average Bonchev–Trinajstić information content (AvgIpc) is 2.85. The van der Waals surface area contributed by atoms with Crippen LogP contribution in [-0.4, -0.2) is 36.6 Å². The minimum Gasteiger partial charge on any atom is -0.399 e. The summed E-state index contributed by atoms with van der Waals surface area (Å²) in [4.78, 5) is 14.3. The Balaban J connectivity index is 1.73. The van der Waals surface area contributed by atoms with Crippen LogP contribution >= 0.6 is 0 Å². The number of nitrogens with one attached hydrogen (secondary N) is 2. The predicted octanol–water partition coefficient (Wildman–Crippen LogP) is 2.12. The van der Waals surface area contributed by atoms with Crippen molar-refractivity contribution in [2.45, 2.75) is 26.3 Å². The number of nitrogens with two attached hydrogens (primary N) is 1. The third kappa shape index (κ3) is 4.13. The minimum atomic E-state index is -0.168. The van der Waals surface area contributed by atoms with E-state index in [2.05, 4.69) is 29.4 Å². The number of benzene rings is 1. The Bertz CT molecular complexity index is 461. The van der Waals surface area contributed by atoms with Gasteiger partial charge in [-0.3, -0.25) is 0 Å². The lowest BCUT2D eigenvalue weighted by Crippen LogP contribution is -2.35. The van der Waals surface area contributed by atoms with E-state index in [4.69, 9.17) is 5.73 Å². The summed E-state index contributed by atoms with van der Waals surface area (Å²) in [6, 6.07) is 7.60. The number of nitrogen functional groups attached to an aromatic ring is 1. The van der Waals surface area contributed by atoms with Crippen molar-refractivity contribution in [3.8, 4) is 0 Å². The molecule has 2 rings (SSSR count). The summed E-state index contributed by atoms with van der Waals surface area (Å²) in [5.41, 5.74) is 7.04. The van der Waals surface area contributed by atoms with Crippen molar-refractivity contribution in [3.05, 3.63) is 24.3 Å². The van der Waals surface area contributed by atoms with Crippen LogP contribution in [0.4, 0.5) is 16.2 Å². The second kappa shape index (κ2) is 6.61. The normalized spacial score (nSPS) is 19.2. The molecule has 1 aromatic rings. The molecule has 2 amide bonds. The first-order valence-corrected chi connectivity index (χ1v) is 7.19. The molecule has 1 atom stereocenters. The van der Waals surface area contributed by atoms with Crippen LogP contribution in [0.1, 0.15) is 20.3 Å². The number of carbonyl (C=O) groups is 1. The number of likely N-dealkylation sites (tertiary alicyclic amines) is 1. The van der Waals surface area contributed by atoms with E-state index >= 15 is 0 Å². The Morgan fingerprint density at radius 2 is 2.30 bits per heavy atom. The van der Waals surface area contributed by atoms with Gasteiger partial charge in [0, 0.05) is 30.5 Å². The Labute approximate surface area is 120 Å². The highest BCUT2D eigenvalue weighted by Gasteiger charge is 2.24. The maximum absolute atomic E-state index is 11.8. The number of nitrogens with zero attached hydrogens (tertiary/aromatic N) is 1. The zero-order valence-corrected chi connectivity index (χ0v) is 12.2. The van der Waals surface area contributed by atoms with Gasteiger partial charge in [-0.1, -0.05) is 6.07 Å². The highest BCUT2D eigenvalue weighted by molar-refractivity contribution is 5.89. The van der Waals surface area contributed by atoms with Crippen LogP contribution in [0.5, 0.6) is 0 Å². The maximum Gasteiger partial charge on any atom is 0.319 e. The molecule has 1 fully saturated rings. The third-order valence-corrected chi connectivity index (χ3v) is 3.74. The molecule has 0 aliphatic carbocycles. The Morgan fingerprint density at radius 1 is 1.50 bits per heavy atom. The van der Waals surface area contributed by atoms with Crippen LogP contribution in [-0.2, 0) is 0 Å². The lowest BCUT2D eigenvalue weighted by Gasteiger charge is -2.20. The minimum absolute atomic E-state index is 0.168. The summed E-state index contributed by atoms with van der Waals surface area (Å²) in [7, 11) is 0. The molecule has 0 spiro atoms. The van der Waals surface area contributed by atoms with E-state index in [1.807, 2.05) is 12.1 Å². The van der Waals surface area contributed by atoms with Gasteiger partial charge in [-0.15, -0.1) is 0 Å². The molecule has 0 radical (unpaired) electrons. The van der Waals surface area contributed by atoms with E-state index in [1.54, 1.807) is 12.1 Å². The van der Waals surface area contributed by atoms with Crippen molar-refractivity contribution in [1.82, 2.24) is 10.2 Å². The largest absolute Gasteiger partial charge is 0.399 e. The van der Waals surface area contributed by atoms with E-state index in [0.29, 0.717) is 17.6 Å². The van der Waals surface area contributed by atoms with Gasteiger partial charge in [0.1, 0.15) is 0 Å². The average molecular weight is 276 g/mol. The molecule has 20 heavy (non-hydrogen) atoms. The second-order valence-electron chi connectivity index (χ2n) is 5.70. The first-order valence-electron chi connectivity index (χ1n) is 7.19. The molecule has 1 heterocycles. The summed E-state index contributed by atoms with van der Waals surface area (Å²) in [6.45, 7) is 7.33. The molecule has 1 saturated heterocycles. The molecule has 0 bridgehead atoms. The van der Waals surface area contributed by atoms with E-state index < -0.39 is 0 Å². The monoisotopic (exact) mass is 276 g/mol. The summed E-state index contributed by atoms with van der Waals surface area (Å²) >= 11 is 0. The SMILES string of the molecule is CC(C)N1CCC(CNC(=O)Nc2cccc(N)c2)C1. The van der Waals surface area contributed by atoms with Gasteiger partial charge in [0.25, 0.3) is 0 Å². The molecular weight excluding hydrogens is 252 g/mol. The summed E-state index contributed by atoms with van der Waals surface area (Å²) < 4.78 is 0. The smallest absolute Gasteiger partial charge is 0.319 e. The van der Waals surface area contributed by atoms with Crippen LogP contribution in [0, 0.1) is 5.92 Å². The van der Waals surface area contributed by atoms with Gasteiger partial charge in [-0.05, 0) is 50.9 Å². The first-order chi connectivity index (χ1) is 9.54. The molecule has 1 aliphatic heterocycles. The van der Waals surface area contributed by atoms with Crippen molar-refractivity contribution in [3.63, 3.8) is 0 Å². The van der Waals surface area contributed by atoms with Gasteiger partial charge in [0.2, 0.25) is 0 Å². The molecular formula is C15H24N4O. The Morgan fingerprint density at radius 3 is 2.95 bits per heavy atom. The Hall–Kier alpha value is -1.75. The van der Waals surface area contributed by atoms with Crippen LogP contribution in [0.15, 0.2) is 24.3 Å². The van der Waals surface area contributed by atoms with Crippen LogP contribution in [0.25, 0.3) is 0 Å². The fraction of sp³-hybridized carbons (Fsp3) is 0.533. The van der Waals surface area contributed by atoms with Gasteiger partial charge in [-0.25, -0.2) is 4.79 Å². The summed E-state index contributed by atoms with van der Waals surface area (Å²) in [5.74, 6) is 0.545. The lowest BCUT2D eigenvalue weighted by atomic mass is 10.1. The van der Waals surface area contributed by atoms with E-state index in [0.717, 1.165) is 31.7 Å². The number of anilines is 2. The predicted molar refractivity (Wildman–Crippen MR) is 82.7 cm³/mol. The zero-order chi connectivity index (χ0) is 14.5. The fourth-order valence-corrected chi connectivity index (χ4v) is 2.53. The summed E-state index contributed by atoms with van der Waals surface area (Å²) in [5, 5.41) is 5.73. The van der Waals surface area contributed by atoms with Crippen molar-refractivity contribution >= 4 is 17.4 Å². The molecule has 1 aliphatic rings. The molecule has 0 saturated carbocycles. The molecule has 1 unspecified atom stereocenters. The quantitative estimate of drug-likeness (QED) is 0.738. The van der Waals surface area contributed by atoms with Gasteiger partial charge in [0.15, 0.2) is 0 Å². The number of carbonyl (C=O) groups excluding carboxylic acids is 1. The van der Waals surface area contributed by atoms with Gasteiger partial charge in [0.05, 0.1) is 0 Å². The highest BCUT2D eigenvalue weighted by atomic mass is 16.2. The third-order valence-electron chi connectivity index (χ3n) is 3.74. The number of hydrogen-bond acceptors (Lipinski definition) is 3. The molecule has 5 nitrogen and oxygen atoms in total. The van der Waals surface area contributed by atoms with Crippen LogP contribution in [0.3, 0.4) is 0 Å². The zero-order valence-electron chi connectivity index (χ0n) is 12.2. The molecule has 5 heteroatoms. The van der Waals surface area contributed by atoms with Crippen molar-refractivity contribution in [2.75, 3.05) is 30.7 Å². The molecule has 0 aromatic heterocycles. The molecule has 1 aromatic carbocycles. The summed E-state index contributed by atoms with van der Waals surface area (Å²) in [6.07, 6.45) is 1.15. The molecule has 4 N–H and O–H groups in total. The van der Waals surface area contributed by atoms with Gasteiger partial charge < -0.3 is 21.3 Å². The van der Waals surface area contributed by atoms with E-state index in [1.165, 1.54) is 0 Å². The van der Waals surface area contributed by atoms with Crippen molar-refractivity contribution < 1.29 is 4.79 Å². The number of rotatable bonds is 4. The number of urea groups is 1. The first kappa shape index (κ1) is 14.7. The maximum atomic E-state index is 11.8. The second-order valence-corrected chi connectivity index (χ2v) is 5.70. The molecule has 110 valence electrons. The standard InChI is InChI=1S/C15H24N4O/c1-11(2)19-7-6-12(10-19)9-17-15(20)18-14-5-3-4-13(16)8-14/h3-5,8,11-12H,6-7,9-10,16H2,1-2H3,(H2,17,18,20). The Kier molecular flexibility index (Phi) is 4.84. The van der Waals surface area contributed by atoms with Gasteiger partial charge in [-0.2, -0.15) is 0 Å². The van der Waals surface area contributed by atoms with E-state index in [-0.39, 0.29) is 6.03 Å². The van der Waals surface area contributed by atoms with Crippen LogP contribution in [0.2, 0.25) is 0 Å². The van der Waals surface area contributed by atoms with Crippen molar-refractivity contribution in [1.29, 1.82) is 0 Å². The topological polar surface area (TPSA) is 70.4 Å².